The third kappa shape index (κ3) is 5.07. The van der Waals surface area contributed by atoms with E-state index in [4.69, 9.17) is 11.6 Å². The summed E-state index contributed by atoms with van der Waals surface area (Å²) in [7, 11) is -3.29. The fraction of sp³-hybridized carbons (Fsp3) is 0.368. The molecule has 3 nitrogen and oxygen atoms in total. The Kier molecular flexibility index (Phi) is 6.44. The summed E-state index contributed by atoms with van der Waals surface area (Å²) in [5.74, 6) is 0.565. The van der Waals surface area contributed by atoms with E-state index in [-0.39, 0.29) is 11.8 Å². The number of rotatable bonds is 7. The number of halogens is 1. The molecule has 24 heavy (non-hydrogen) atoms. The molecule has 1 N–H and O–H groups in total. The monoisotopic (exact) mass is 365 g/mol. The van der Waals surface area contributed by atoms with Crippen molar-refractivity contribution in [3.8, 4) is 0 Å². The Balaban J connectivity index is 1.92. The molecule has 0 saturated carbocycles. The lowest BCUT2D eigenvalue weighted by molar-refractivity contribution is 0.572. The molecule has 5 heteroatoms. The minimum atomic E-state index is -3.29. The molecule has 0 amide bonds. The number of hydrogen-bond donors (Lipinski definition) is 1. The van der Waals surface area contributed by atoms with Crippen LogP contribution in [-0.2, 0) is 9.84 Å². The third-order valence-corrected chi connectivity index (χ3v) is 6.08. The Hall–Kier alpha value is -1.36. The van der Waals surface area contributed by atoms with Gasteiger partial charge in [-0.25, -0.2) is 8.42 Å². The van der Waals surface area contributed by atoms with Gasteiger partial charge in [0.25, 0.3) is 0 Å². The largest absolute Gasteiger partial charge is 0.309 e. The standard InChI is InChI=1S/C19H24ClNO2S/c1-14(2)16-4-6-17(7-5-16)15(3)21-12-13-24(22,23)19-10-8-18(20)9-11-19/h4-11,14-15,21H,12-13H2,1-3H3/t15-/m1/s1. The van der Waals surface area contributed by atoms with E-state index in [0.717, 1.165) is 5.56 Å². The van der Waals surface area contributed by atoms with E-state index < -0.39 is 9.84 Å². The van der Waals surface area contributed by atoms with Crippen molar-refractivity contribution < 1.29 is 8.42 Å². The molecule has 0 heterocycles. The van der Waals surface area contributed by atoms with Crippen LogP contribution < -0.4 is 5.32 Å². The first-order valence-electron chi connectivity index (χ1n) is 8.11. The van der Waals surface area contributed by atoms with E-state index in [1.54, 1.807) is 24.3 Å². The van der Waals surface area contributed by atoms with Gasteiger partial charge in [0.1, 0.15) is 0 Å². The molecule has 2 rings (SSSR count). The minimum Gasteiger partial charge on any atom is -0.309 e. The molecule has 130 valence electrons. The van der Waals surface area contributed by atoms with Crippen LogP contribution in [0.25, 0.3) is 0 Å². The van der Waals surface area contributed by atoms with Crippen LogP contribution in [0.4, 0.5) is 0 Å². The Morgan fingerprint density at radius 2 is 1.46 bits per heavy atom. The molecular weight excluding hydrogens is 342 g/mol. The number of sulfone groups is 1. The zero-order chi connectivity index (χ0) is 17.7. The van der Waals surface area contributed by atoms with Crippen molar-refractivity contribution in [1.29, 1.82) is 0 Å². The van der Waals surface area contributed by atoms with E-state index in [0.29, 0.717) is 22.4 Å². The Morgan fingerprint density at radius 1 is 0.917 bits per heavy atom. The van der Waals surface area contributed by atoms with Crippen molar-refractivity contribution >= 4 is 21.4 Å². The Labute approximate surface area is 150 Å². The number of hydrogen-bond acceptors (Lipinski definition) is 3. The van der Waals surface area contributed by atoms with Gasteiger partial charge >= 0.3 is 0 Å². The van der Waals surface area contributed by atoms with E-state index in [2.05, 4.69) is 43.4 Å². The molecule has 1 atom stereocenters. The first-order valence-corrected chi connectivity index (χ1v) is 10.1. The summed E-state index contributed by atoms with van der Waals surface area (Å²) in [6, 6.07) is 14.8. The topological polar surface area (TPSA) is 46.2 Å². The highest BCUT2D eigenvalue weighted by Gasteiger charge is 2.15. The Bertz CT molecular complexity index is 753. The van der Waals surface area contributed by atoms with Gasteiger partial charge in [-0.1, -0.05) is 49.7 Å². The fourth-order valence-corrected chi connectivity index (χ4v) is 3.76. The SMILES string of the molecule is CC(C)c1ccc([C@@H](C)NCCS(=O)(=O)c2ccc(Cl)cc2)cc1. The second-order valence-corrected chi connectivity index (χ2v) is 8.82. The van der Waals surface area contributed by atoms with Crippen molar-refractivity contribution in [3.05, 3.63) is 64.7 Å². The van der Waals surface area contributed by atoms with Crippen LogP contribution in [0.2, 0.25) is 5.02 Å². The molecule has 0 bridgehead atoms. The summed E-state index contributed by atoms with van der Waals surface area (Å²) in [6.45, 7) is 6.77. The van der Waals surface area contributed by atoms with Crippen LogP contribution in [-0.4, -0.2) is 20.7 Å². The Morgan fingerprint density at radius 3 is 2.00 bits per heavy atom. The van der Waals surface area contributed by atoms with Gasteiger partial charge in [-0.2, -0.15) is 0 Å². The van der Waals surface area contributed by atoms with Crippen LogP contribution in [0.1, 0.15) is 43.9 Å². The molecule has 2 aromatic rings. The average Bonchev–Trinajstić information content (AvgIpc) is 2.55. The van der Waals surface area contributed by atoms with Gasteiger partial charge in [0.15, 0.2) is 9.84 Å². The number of benzene rings is 2. The summed E-state index contributed by atoms with van der Waals surface area (Å²) < 4.78 is 24.6. The third-order valence-electron chi connectivity index (χ3n) is 4.10. The van der Waals surface area contributed by atoms with Crippen molar-refractivity contribution in [2.24, 2.45) is 0 Å². The molecule has 0 saturated heterocycles. The lowest BCUT2D eigenvalue weighted by atomic mass is 10.00. The first-order chi connectivity index (χ1) is 11.3. The predicted molar refractivity (Wildman–Crippen MR) is 100 cm³/mol. The lowest BCUT2D eigenvalue weighted by Gasteiger charge is -2.15. The highest BCUT2D eigenvalue weighted by molar-refractivity contribution is 7.91. The van der Waals surface area contributed by atoms with E-state index >= 15 is 0 Å². The van der Waals surface area contributed by atoms with Gasteiger partial charge in [0.2, 0.25) is 0 Å². The highest BCUT2D eigenvalue weighted by Crippen LogP contribution is 2.19. The quantitative estimate of drug-likeness (QED) is 0.780. The summed E-state index contributed by atoms with van der Waals surface area (Å²) in [5.41, 5.74) is 2.46. The minimum absolute atomic E-state index is 0.0586. The normalized spacial score (nSPS) is 13.2. The van der Waals surface area contributed by atoms with Crippen molar-refractivity contribution in [1.82, 2.24) is 5.32 Å². The van der Waals surface area contributed by atoms with Gasteiger partial charge in [-0.3, -0.25) is 0 Å². The summed E-state index contributed by atoms with van der Waals surface area (Å²) in [6.07, 6.45) is 0. The maximum atomic E-state index is 12.3. The highest BCUT2D eigenvalue weighted by atomic mass is 35.5. The maximum Gasteiger partial charge on any atom is 0.179 e. The van der Waals surface area contributed by atoms with E-state index in [1.165, 1.54) is 5.56 Å². The smallest absolute Gasteiger partial charge is 0.179 e. The lowest BCUT2D eigenvalue weighted by Crippen LogP contribution is -2.25. The first kappa shape index (κ1) is 19.0. The molecule has 2 aromatic carbocycles. The fourth-order valence-electron chi connectivity index (χ4n) is 2.46. The van der Waals surface area contributed by atoms with Gasteiger partial charge in [-0.05, 0) is 48.2 Å². The summed E-state index contributed by atoms with van der Waals surface area (Å²) in [4.78, 5) is 0.308. The molecule has 0 aromatic heterocycles. The van der Waals surface area contributed by atoms with Crippen LogP contribution >= 0.6 is 11.6 Å². The van der Waals surface area contributed by atoms with Crippen LogP contribution in [0.5, 0.6) is 0 Å². The summed E-state index contributed by atoms with van der Waals surface area (Å²) in [5, 5.41) is 3.81. The second kappa shape index (κ2) is 8.15. The van der Waals surface area contributed by atoms with Crippen molar-refractivity contribution in [2.75, 3.05) is 12.3 Å². The zero-order valence-electron chi connectivity index (χ0n) is 14.3. The van der Waals surface area contributed by atoms with Gasteiger partial charge < -0.3 is 5.32 Å². The van der Waals surface area contributed by atoms with Crippen LogP contribution in [0, 0.1) is 0 Å². The maximum absolute atomic E-state index is 12.3. The predicted octanol–water partition coefficient (Wildman–Crippen LogP) is 4.59. The van der Waals surface area contributed by atoms with Gasteiger partial charge in [0.05, 0.1) is 10.6 Å². The summed E-state index contributed by atoms with van der Waals surface area (Å²) >= 11 is 5.80. The average molecular weight is 366 g/mol. The zero-order valence-corrected chi connectivity index (χ0v) is 15.9. The molecule has 0 aliphatic rings. The van der Waals surface area contributed by atoms with Crippen molar-refractivity contribution in [2.45, 2.75) is 37.6 Å². The van der Waals surface area contributed by atoms with Crippen molar-refractivity contribution in [3.63, 3.8) is 0 Å². The van der Waals surface area contributed by atoms with Crippen LogP contribution in [0.15, 0.2) is 53.4 Å². The van der Waals surface area contributed by atoms with E-state index in [9.17, 15) is 8.42 Å². The van der Waals surface area contributed by atoms with E-state index in [1.807, 2.05) is 6.92 Å². The molecular formula is C19H24ClNO2S. The molecule has 0 aliphatic heterocycles. The molecule has 0 unspecified atom stereocenters. The molecule has 0 spiro atoms. The second-order valence-electron chi connectivity index (χ2n) is 6.27. The number of nitrogens with one attached hydrogen (secondary N) is 1. The van der Waals surface area contributed by atoms with Gasteiger partial charge in [0, 0.05) is 17.6 Å². The molecule has 0 aliphatic carbocycles. The molecule has 0 radical (unpaired) electrons. The molecule has 0 fully saturated rings. The van der Waals surface area contributed by atoms with Crippen LogP contribution in [0.3, 0.4) is 0 Å². The van der Waals surface area contributed by atoms with Gasteiger partial charge in [-0.15, -0.1) is 0 Å².